The zero-order valence-electron chi connectivity index (χ0n) is 14.9. The van der Waals surface area contributed by atoms with Crippen molar-refractivity contribution in [2.75, 3.05) is 36.4 Å². The average molecular weight is 387 g/mol. The fourth-order valence-electron chi connectivity index (χ4n) is 3.83. The Balaban J connectivity index is 0.00000210. The minimum absolute atomic E-state index is 0. The fourth-order valence-corrected chi connectivity index (χ4v) is 3.83. The number of para-hydroxylation sites is 2. The molecule has 4 rings (SSSR count). The molecule has 6 nitrogen and oxygen atoms in total. The molecule has 2 aliphatic heterocycles. The molecule has 0 spiro atoms. The Morgan fingerprint density at radius 2 is 1.78 bits per heavy atom. The van der Waals surface area contributed by atoms with Crippen molar-refractivity contribution in [3.05, 3.63) is 60.2 Å². The van der Waals surface area contributed by atoms with Crippen LogP contribution in [0.1, 0.15) is 11.5 Å². The van der Waals surface area contributed by atoms with Crippen LogP contribution < -0.4 is 16.0 Å². The number of carbonyl (C=O) groups excluding carboxylic acids is 2. The van der Waals surface area contributed by atoms with E-state index in [1.54, 1.807) is 4.90 Å². The first kappa shape index (κ1) is 19.4. The zero-order valence-corrected chi connectivity index (χ0v) is 15.7. The number of hydrogen-bond donors (Lipinski definition) is 2. The maximum absolute atomic E-state index is 12.9. The standard InChI is InChI=1S/C20H22N4O2.ClH/c21-16-11-23(10-15(16)14-6-2-1-3-7-14)13-20(26)24-12-19(25)22-17-8-4-5-9-18(17)24;/h1-9,15-16H,10-13,21H2,(H,22,25);1H/t15-,16+;/m0./s1. The van der Waals surface area contributed by atoms with Crippen LogP contribution in [0.15, 0.2) is 54.6 Å². The average Bonchev–Trinajstić information content (AvgIpc) is 3.01. The number of nitrogens with two attached hydrogens (primary N) is 1. The van der Waals surface area contributed by atoms with Crippen LogP contribution in [0.5, 0.6) is 0 Å². The van der Waals surface area contributed by atoms with Crippen molar-refractivity contribution >= 4 is 35.6 Å². The summed E-state index contributed by atoms with van der Waals surface area (Å²) in [5, 5.41) is 2.81. The topological polar surface area (TPSA) is 78.7 Å². The van der Waals surface area contributed by atoms with Crippen LogP contribution in [0.25, 0.3) is 0 Å². The van der Waals surface area contributed by atoms with E-state index in [4.69, 9.17) is 5.73 Å². The molecule has 2 aromatic carbocycles. The summed E-state index contributed by atoms with van der Waals surface area (Å²) in [6.45, 7) is 1.74. The van der Waals surface area contributed by atoms with Gasteiger partial charge in [-0.1, -0.05) is 42.5 Å². The van der Waals surface area contributed by atoms with Crippen molar-refractivity contribution in [3.8, 4) is 0 Å². The van der Waals surface area contributed by atoms with Crippen LogP contribution >= 0.6 is 12.4 Å². The predicted molar refractivity (Wildman–Crippen MR) is 108 cm³/mol. The lowest BCUT2D eigenvalue weighted by atomic mass is 9.95. The number of nitrogens with one attached hydrogen (secondary N) is 1. The summed E-state index contributed by atoms with van der Waals surface area (Å²) in [5.41, 5.74) is 8.96. The maximum Gasteiger partial charge on any atom is 0.244 e. The molecule has 1 fully saturated rings. The van der Waals surface area contributed by atoms with Crippen molar-refractivity contribution in [1.29, 1.82) is 0 Å². The monoisotopic (exact) mass is 386 g/mol. The van der Waals surface area contributed by atoms with Gasteiger partial charge in [0.1, 0.15) is 6.54 Å². The smallest absolute Gasteiger partial charge is 0.244 e. The van der Waals surface area contributed by atoms with Gasteiger partial charge in [-0.3, -0.25) is 19.4 Å². The highest BCUT2D eigenvalue weighted by atomic mass is 35.5. The summed E-state index contributed by atoms with van der Waals surface area (Å²) in [4.78, 5) is 28.5. The molecule has 0 radical (unpaired) electrons. The molecule has 0 unspecified atom stereocenters. The molecule has 1 saturated heterocycles. The van der Waals surface area contributed by atoms with Gasteiger partial charge < -0.3 is 11.1 Å². The quantitative estimate of drug-likeness (QED) is 0.843. The lowest BCUT2D eigenvalue weighted by Crippen LogP contribution is -2.46. The minimum Gasteiger partial charge on any atom is -0.326 e. The van der Waals surface area contributed by atoms with Crippen LogP contribution in [-0.4, -0.2) is 48.9 Å². The molecule has 27 heavy (non-hydrogen) atoms. The Hall–Kier alpha value is -2.41. The molecule has 0 saturated carbocycles. The highest BCUT2D eigenvalue weighted by Crippen LogP contribution is 2.30. The van der Waals surface area contributed by atoms with Crippen LogP contribution in [0.3, 0.4) is 0 Å². The highest BCUT2D eigenvalue weighted by molar-refractivity contribution is 6.10. The van der Waals surface area contributed by atoms with E-state index in [0.717, 1.165) is 12.2 Å². The minimum atomic E-state index is -0.169. The summed E-state index contributed by atoms with van der Waals surface area (Å²) in [6, 6.07) is 17.6. The number of amides is 2. The van der Waals surface area contributed by atoms with E-state index in [1.807, 2.05) is 42.5 Å². The van der Waals surface area contributed by atoms with Gasteiger partial charge in [0.2, 0.25) is 11.8 Å². The third-order valence-electron chi connectivity index (χ3n) is 5.10. The first-order valence-corrected chi connectivity index (χ1v) is 8.84. The van der Waals surface area contributed by atoms with Gasteiger partial charge in [-0.25, -0.2) is 0 Å². The Morgan fingerprint density at radius 3 is 2.56 bits per heavy atom. The Morgan fingerprint density at radius 1 is 1.07 bits per heavy atom. The summed E-state index contributed by atoms with van der Waals surface area (Å²) in [6.07, 6.45) is 0. The summed E-state index contributed by atoms with van der Waals surface area (Å²) < 4.78 is 0. The van der Waals surface area contributed by atoms with E-state index in [0.29, 0.717) is 12.2 Å². The van der Waals surface area contributed by atoms with Gasteiger partial charge in [0.05, 0.1) is 17.9 Å². The van der Waals surface area contributed by atoms with E-state index in [-0.39, 0.29) is 49.3 Å². The number of likely N-dealkylation sites (tertiary alicyclic amines) is 1. The number of fused-ring (bicyclic) bond motifs is 1. The van der Waals surface area contributed by atoms with Crippen LogP contribution in [0.2, 0.25) is 0 Å². The molecule has 2 amide bonds. The van der Waals surface area contributed by atoms with Crippen LogP contribution in [0.4, 0.5) is 11.4 Å². The lowest BCUT2D eigenvalue weighted by Gasteiger charge is -2.30. The summed E-state index contributed by atoms with van der Waals surface area (Å²) in [5.74, 6) is -0.0218. The van der Waals surface area contributed by atoms with Crippen molar-refractivity contribution in [1.82, 2.24) is 4.90 Å². The molecular weight excluding hydrogens is 364 g/mol. The number of hydrogen-bond acceptors (Lipinski definition) is 4. The van der Waals surface area contributed by atoms with Gasteiger partial charge in [0.15, 0.2) is 0 Å². The molecule has 2 aromatic rings. The van der Waals surface area contributed by atoms with Crippen LogP contribution in [-0.2, 0) is 9.59 Å². The molecule has 0 bridgehead atoms. The van der Waals surface area contributed by atoms with Gasteiger partial charge in [-0.15, -0.1) is 12.4 Å². The number of benzene rings is 2. The molecule has 2 aliphatic rings. The molecule has 3 N–H and O–H groups in total. The van der Waals surface area contributed by atoms with Crippen molar-refractivity contribution in [2.24, 2.45) is 5.73 Å². The highest BCUT2D eigenvalue weighted by Gasteiger charge is 2.34. The third-order valence-corrected chi connectivity index (χ3v) is 5.10. The molecule has 0 aromatic heterocycles. The van der Waals surface area contributed by atoms with Gasteiger partial charge >= 0.3 is 0 Å². The zero-order chi connectivity index (χ0) is 18.1. The van der Waals surface area contributed by atoms with Crippen LogP contribution in [0, 0.1) is 0 Å². The lowest BCUT2D eigenvalue weighted by molar-refractivity contribution is -0.122. The van der Waals surface area contributed by atoms with Gasteiger partial charge in [0.25, 0.3) is 0 Å². The van der Waals surface area contributed by atoms with Gasteiger partial charge in [0, 0.05) is 25.0 Å². The number of halogens is 1. The fraction of sp³-hybridized carbons (Fsp3) is 0.300. The van der Waals surface area contributed by atoms with E-state index in [2.05, 4.69) is 22.3 Å². The molecule has 2 heterocycles. The van der Waals surface area contributed by atoms with Crippen molar-refractivity contribution < 1.29 is 9.59 Å². The molecular formula is C20H23ClN4O2. The van der Waals surface area contributed by atoms with E-state index >= 15 is 0 Å². The number of rotatable bonds is 3. The van der Waals surface area contributed by atoms with E-state index in [9.17, 15) is 9.59 Å². The number of anilines is 2. The second kappa shape index (κ2) is 8.08. The maximum atomic E-state index is 12.9. The predicted octanol–water partition coefficient (Wildman–Crippen LogP) is 1.82. The Labute approximate surface area is 164 Å². The van der Waals surface area contributed by atoms with E-state index in [1.165, 1.54) is 5.56 Å². The normalized spacial score (nSPS) is 22.0. The van der Waals surface area contributed by atoms with Crippen molar-refractivity contribution in [2.45, 2.75) is 12.0 Å². The molecule has 2 atom stereocenters. The second-order valence-electron chi connectivity index (χ2n) is 6.92. The SMILES string of the molecule is Cl.N[C@@H]1CN(CC(=O)N2CC(=O)Nc3ccccc32)C[C@H]1c1ccccc1. The number of nitrogens with zero attached hydrogens (tertiary/aromatic N) is 2. The first-order valence-electron chi connectivity index (χ1n) is 8.84. The molecule has 0 aliphatic carbocycles. The van der Waals surface area contributed by atoms with Gasteiger partial charge in [-0.2, -0.15) is 0 Å². The van der Waals surface area contributed by atoms with Gasteiger partial charge in [-0.05, 0) is 17.7 Å². The molecule has 142 valence electrons. The third kappa shape index (κ3) is 3.98. The second-order valence-corrected chi connectivity index (χ2v) is 6.92. The van der Waals surface area contributed by atoms with E-state index < -0.39 is 0 Å². The number of carbonyl (C=O) groups is 2. The summed E-state index contributed by atoms with van der Waals surface area (Å²) in [7, 11) is 0. The Bertz CT molecular complexity index is 830. The first-order chi connectivity index (χ1) is 12.6. The van der Waals surface area contributed by atoms with Crippen molar-refractivity contribution in [3.63, 3.8) is 0 Å². The summed E-state index contributed by atoms with van der Waals surface area (Å²) >= 11 is 0. The largest absolute Gasteiger partial charge is 0.326 e. The Kier molecular flexibility index (Phi) is 5.79. The molecule has 7 heteroatoms.